The topological polar surface area (TPSA) is 37.8 Å². The molecule has 0 spiro atoms. The van der Waals surface area contributed by atoms with E-state index >= 15 is 0 Å². The Morgan fingerprint density at radius 2 is 2.20 bits per heavy atom. The molecule has 0 aliphatic heterocycles. The molecule has 1 aliphatic carbocycles. The van der Waals surface area contributed by atoms with Crippen molar-refractivity contribution >= 4 is 0 Å². The molecule has 1 aliphatic rings. The predicted molar refractivity (Wildman–Crippen MR) is 61.2 cm³/mol. The van der Waals surface area contributed by atoms with Gasteiger partial charge in [0.2, 0.25) is 0 Å². The van der Waals surface area contributed by atoms with Crippen molar-refractivity contribution in [3.8, 4) is 0 Å². The summed E-state index contributed by atoms with van der Waals surface area (Å²) in [5.41, 5.74) is 1.20. The predicted octanol–water partition coefficient (Wildman–Crippen LogP) is 2.63. The van der Waals surface area contributed by atoms with Crippen LogP contribution >= 0.6 is 0 Å². The molecule has 84 valence electrons. The molecule has 15 heavy (non-hydrogen) atoms. The minimum Gasteiger partial charge on any atom is -0.310 e. The number of unbranched alkanes of at least 4 members (excludes halogenated alkanes) is 1. The minimum atomic E-state index is 0.0907. The zero-order chi connectivity index (χ0) is 10.7. The van der Waals surface area contributed by atoms with Crippen molar-refractivity contribution < 1.29 is 0 Å². The van der Waals surface area contributed by atoms with Crippen LogP contribution in [0.4, 0.5) is 0 Å². The summed E-state index contributed by atoms with van der Waals surface area (Å²) in [4.78, 5) is 14.7. The van der Waals surface area contributed by atoms with Gasteiger partial charge >= 0.3 is 5.69 Å². The number of H-pyrrole nitrogens is 1. The SMILES string of the molecule is CCCCc1cn(C2CCCC2)c(=O)[nH]1. The molecule has 3 nitrogen and oxygen atoms in total. The first-order valence-electron chi connectivity index (χ1n) is 6.11. The summed E-state index contributed by atoms with van der Waals surface area (Å²) >= 11 is 0. The zero-order valence-corrected chi connectivity index (χ0v) is 9.46. The maximum absolute atomic E-state index is 11.7. The van der Waals surface area contributed by atoms with Gasteiger partial charge in [0.25, 0.3) is 0 Å². The number of aromatic amines is 1. The fraction of sp³-hybridized carbons (Fsp3) is 0.750. The molecule has 0 aromatic carbocycles. The zero-order valence-electron chi connectivity index (χ0n) is 9.46. The van der Waals surface area contributed by atoms with Gasteiger partial charge in [-0.1, -0.05) is 26.2 Å². The van der Waals surface area contributed by atoms with Gasteiger partial charge in [0.1, 0.15) is 0 Å². The molecule has 0 saturated heterocycles. The van der Waals surface area contributed by atoms with E-state index < -0.39 is 0 Å². The summed E-state index contributed by atoms with van der Waals surface area (Å²) in [6, 6.07) is 0.462. The van der Waals surface area contributed by atoms with E-state index in [1.807, 2.05) is 10.8 Å². The third-order valence-corrected chi connectivity index (χ3v) is 3.31. The largest absolute Gasteiger partial charge is 0.325 e. The van der Waals surface area contributed by atoms with Gasteiger partial charge in [-0.2, -0.15) is 0 Å². The van der Waals surface area contributed by atoms with Crippen molar-refractivity contribution in [2.45, 2.75) is 57.9 Å². The summed E-state index contributed by atoms with van der Waals surface area (Å²) in [6.07, 6.45) is 10.3. The highest BCUT2D eigenvalue weighted by Gasteiger charge is 2.18. The molecule has 0 amide bonds. The van der Waals surface area contributed by atoms with Crippen LogP contribution in [0, 0.1) is 0 Å². The smallest absolute Gasteiger partial charge is 0.310 e. The number of imidazole rings is 1. The van der Waals surface area contributed by atoms with Crippen LogP contribution < -0.4 is 5.69 Å². The average Bonchev–Trinajstić information content (AvgIpc) is 2.83. The number of nitrogens with zero attached hydrogens (tertiary/aromatic N) is 1. The van der Waals surface area contributed by atoms with Crippen molar-refractivity contribution in [3.05, 3.63) is 22.4 Å². The van der Waals surface area contributed by atoms with Gasteiger partial charge in [0.05, 0.1) is 0 Å². The molecule has 1 heterocycles. The molecule has 1 saturated carbocycles. The molecule has 0 atom stereocenters. The third kappa shape index (κ3) is 2.33. The Morgan fingerprint density at radius 1 is 1.47 bits per heavy atom. The van der Waals surface area contributed by atoms with Crippen LogP contribution in [0.2, 0.25) is 0 Å². The van der Waals surface area contributed by atoms with Crippen LogP contribution in [0.5, 0.6) is 0 Å². The lowest BCUT2D eigenvalue weighted by atomic mass is 10.2. The van der Waals surface area contributed by atoms with Crippen molar-refractivity contribution in [3.63, 3.8) is 0 Å². The van der Waals surface area contributed by atoms with Crippen molar-refractivity contribution in [1.29, 1.82) is 0 Å². The van der Waals surface area contributed by atoms with Crippen LogP contribution in [0.3, 0.4) is 0 Å². The van der Waals surface area contributed by atoms with Crippen LogP contribution in [0.15, 0.2) is 11.0 Å². The minimum absolute atomic E-state index is 0.0907. The summed E-state index contributed by atoms with van der Waals surface area (Å²) in [6.45, 7) is 2.17. The van der Waals surface area contributed by atoms with E-state index in [2.05, 4.69) is 11.9 Å². The summed E-state index contributed by atoms with van der Waals surface area (Å²) in [5, 5.41) is 0. The molecule has 1 N–H and O–H groups in total. The lowest BCUT2D eigenvalue weighted by Crippen LogP contribution is -2.19. The third-order valence-electron chi connectivity index (χ3n) is 3.31. The number of aromatic nitrogens is 2. The first kappa shape index (κ1) is 10.5. The van der Waals surface area contributed by atoms with Crippen LogP contribution in [0.25, 0.3) is 0 Å². The Hall–Kier alpha value is -0.990. The van der Waals surface area contributed by atoms with E-state index in [4.69, 9.17) is 0 Å². The lowest BCUT2D eigenvalue weighted by molar-refractivity contribution is 0.504. The normalized spacial score (nSPS) is 17.4. The first-order valence-corrected chi connectivity index (χ1v) is 6.11. The Morgan fingerprint density at radius 3 is 2.87 bits per heavy atom. The Bertz CT molecular complexity index is 358. The van der Waals surface area contributed by atoms with Crippen molar-refractivity contribution in [1.82, 2.24) is 9.55 Å². The molecule has 0 unspecified atom stereocenters. The summed E-state index contributed by atoms with van der Waals surface area (Å²) < 4.78 is 1.91. The van der Waals surface area contributed by atoms with Gasteiger partial charge in [0.15, 0.2) is 0 Å². The molecule has 0 radical (unpaired) electrons. The highest BCUT2D eigenvalue weighted by atomic mass is 16.1. The van der Waals surface area contributed by atoms with Gasteiger partial charge in [-0.15, -0.1) is 0 Å². The molecule has 1 aromatic heterocycles. The highest BCUT2D eigenvalue weighted by molar-refractivity contribution is 4.99. The number of rotatable bonds is 4. The fourth-order valence-corrected chi connectivity index (χ4v) is 2.41. The second-order valence-electron chi connectivity index (χ2n) is 4.53. The molecule has 0 bridgehead atoms. The van der Waals surface area contributed by atoms with E-state index in [0.29, 0.717) is 6.04 Å². The monoisotopic (exact) mass is 208 g/mol. The van der Waals surface area contributed by atoms with Crippen molar-refractivity contribution in [2.24, 2.45) is 0 Å². The molecular formula is C12H20N2O. The van der Waals surface area contributed by atoms with E-state index in [0.717, 1.165) is 18.5 Å². The number of aryl methyl sites for hydroxylation is 1. The van der Waals surface area contributed by atoms with E-state index in [-0.39, 0.29) is 5.69 Å². The Balaban J connectivity index is 2.10. The molecule has 2 rings (SSSR count). The first-order chi connectivity index (χ1) is 7.31. The number of hydrogen-bond acceptors (Lipinski definition) is 1. The van der Waals surface area contributed by atoms with Crippen LogP contribution in [-0.2, 0) is 6.42 Å². The maximum Gasteiger partial charge on any atom is 0.325 e. The van der Waals surface area contributed by atoms with Gasteiger partial charge in [-0.25, -0.2) is 4.79 Å². The van der Waals surface area contributed by atoms with Gasteiger partial charge in [-0.05, 0) is 25.7 Å². The fourth-order valence-electron chi connectivity index (χ4n) is 2.41. The van der Waals surface area contributed by atoms with E-state index in [9.17, 15) is 4.79 Å². The second-order valence-corrected chi connectivity index (χ2v) is 4.53. The summed E-state index contributed by atoms with van der Waals surface area (Å²) in [7, 11) is 0. The highest BCUT2D eigenvalue weighted by Crippen LogP contribution is 2.28. The molecule has 1 aromatic rings. The van der Waals surface area contributed by atoms with E-state index in [1.165, 1.54) is 32.1 Å². The Labute approximate surface area is 90.5 Å². The number of hydrogen-bond donors (Lipinski definition) is 1. The maximum atomic E-state index is 11.7. The van der Waals surface area contributed by atoms with Gasteiger partial charge < -0.3 is 4.98 Å². The number of nitrogens with one attached hydrogen (secondary N) is 1. The second kappa shape index (κ2) is 4.69. The molecule has 1 fully saturated rings. The standard InChI is InChI=1S/C12H20N2O/c1-2-3-6-10-9-14(12(15)13-10)11-7-4-5-8-11/h9,11H,2-8H2,1H3,(H,13,15). The van der Waals surface area contributed by atoms with Crippen LogP contribution in [0.1, 0.15) is 57.2 Å². The quantitative estimate of drug-likeness (QED) is 0.811. The molecule has 3 heteroatoms. The lowest BCUT2D eigenvalue weighted by Gasteiger charge is -2.08. The Kier molecular flexibility index (Phi) is 3.29. The van der Waals surface area contributed by atoms with Gasteiger partial charge in [-0.3, -0.25) is 4.57 Å². The summed E-state index contributed by atoms with van der Waals surface area (Å²) in [5.74, 6) is 0. The molecular weight excluding hydrogens is 188 g/mol. The van der Waals surface area contributed by atoms with Crippen molar-refractivity contribution in [2.75, 3.05) is 0 Å². The van der Waals surface area contributed by atoms with E-state index in [1.54, 1.807) is 0 Å². The van der Waals surface area contributed by atoms with Crippen LogP contribution in [-0.4, -0.2) is 9.55 Å². The van der Waals surface area contributed by atoms with Gasteiger partial charge in [0, 0.05) is 17.9 Å². The average molecular weight is 208 g/mol.